The van der Waals surface area contributed by atoms with Gasteiger partial charge in [0.1, 0.15) is 5.78 Å². The van der Waals surface area contributed by atoms with Gasteiger partial charge in [0.2, 0.25) is 0 Å². The zero-order chi connectivity index (χ0) is 11.5. The van der Waals surface area contributed by atoms with Crippen LogP contribution in [0.1, 0.15) is 45.2 Å². The first-order valence-electron chi connectivity index (χ1n) is 5.49. The number of ketones is 1. The minimum absolute atomic E-state index is 0.160. The average Bonchev–Trinajstić information content (AvgIpc) is 2.13. The number of Topliss-reactive ketones (excluding diaryl/α,β-unsaturated/α-hetero) is 1. The number of benzene rings is 1. The van der Waals surface area contributed by atoms with E-state index >= 15 is 0 Å². The number of carbonyl (C=O) groups excluding carboxylic acids is 1. The molecular formula is C14H20O. The molecule has 0 unspecified atom stereocenters. The van der Waals surface area contributed by atoms with Crippen LogP contribution in [0.15, 0.2) is 24.3 Å². The third kappa shape index (κ3) is 3.50. The van der Waals surface area contributed by atoms with Gasteiger partial charge in [-0.25, -0.2) is 0 Å². The Kier molecular flexibility index (Phi) is 3.67. The molecule has 0 saturated carbocycles. The van der Waals surface area contributed by atoms with Crippen molar-refractivity contribution in [2.45, 2.75) is 46.0 Å². The van der Waals surface area contributed by atoms with Gasteiger partial charge in [-0.2, -0.15) is 0 Å². The number of carbonyl (C=O) groups is 1. The number of hydrogen-bond acceptors (Lipinski definition) is 1. The summed E-state index contributed by atoms with van der Waals surface area (Å²) in [6, 6.07) is 8.40. The molecule has 0 saturated heterocycles. The molecule has 0 amide bonds. The van der Waals surface area contributed by atoms with Gasteiger partial charge >= 0.3 is 0 Å². The van der Waals surface area contributed by atoms with E-state index in [1.165, 1.54) is 11.1 Å². The van der Waals surface area contributed by atoms with Crippen LogP contribution >= 0.6 is 0 Å². The maximum absolute atomic E-state index is 11.0. The van der Waals surface area contributed by atoms with Crippen molar-refractivity contribution in [1.29, 1.82) is 0 Å². The molecule has 1 nitrogen and oxygen atoms in total. The summed E-state index contributed by atoms with van der Waals surface area (Å²) in [7, 11) is 0. The molecule has 0 fully saturated rings. The van der Waals surface area contributed by atoms with Gasteiger partial charge in [0, 0.05) is 6.42 Å². The summed E-state index contributed by atoms with van der Waals surface area (Å²) >= 11 is 0. The summed E-state index contributed by atoms with van der Waals surface area (Å²) in [6.45, 7) is 8.28. The van der Waals surface area contributed by atoms with E-state index in [-0.39, 0.29) is 11.2 Å². The highest BCUT2D eigenvalue weighted by Gasteiger charge is 2.16. The first-order valence-corrected chi connectivity index (χ1v) is 5.49. The first kappa shape index (κ1) is 12.0. The van der Waals surface area contributed by atoms with Gasteiger partial charge in [-0.05, 0) is 29.9 Å². The van der Waals surface area contributed by atoms with Crippen molar-refractivity contribution in [3.63, 3.8) is 0 Å². The minimum Gasteiger partial charge on any atom is -0.300 e. The quantitative estimate of drug-likeness (QED) is 0.736. The summed E-state index contributed by atoms with van der Waals surface area (Å²) in [5.74, 6) is 0.263. The Morgan fingerprint density at radius 1 is 1.20 bits per heavy atom. The van der Waals surface area contributed by atoms with Crippen LogP contribution in [-0.4, -0.2) is 5.78 Å². The molecule has 0 spiro atoms. The van der Waals surface area contributed by atoms with Crippen LogP contribution in [0.2, 0.25) is 0 Å². The number of rotatable bonds is 3. The lowest BCUT2D eigenvalue weighted by molar-refractivity contribution is -0.116. The molecule has 0 aliphatic carbocycles. The lowest BCUT2D eigenvalue weighted by atomic mass is 9.82. The number of hydrogen-bond donors (Lipinski definition) is 0. The average molecular weight is 204 g/mol. The van der Waals surface area contributed by atoms with Crippen molar-refractivity contribution >= 4 is 5.78 Å². The molecule has 0 N–H and O–H groups in total. The second kappa shape index (κ2) is 4.61. The Balaban J connectivity index is 2.92. The van der Waals surface area contributed by atoms with Gasteiger partial charge in [0.15, 0.2) is 0 Å². The van der Waals surface area contributed by atoms with Crippen LogP contribution in [0.4, 0.5) is 0 Å². The molecule has 0 atom stereocenters. The largest absolute Gasteiger partial charge is 0.300 e. The smallest absolute Gasteiger partial charge is 0.130 e. The molecule has 15 heavy (non-hydrogen) atoms. The fourth-order valence-corrected chi connectivity index (χ4v) is 1.78. The molecule has 0 heterocycles. The standard InChI is InChI=1S/C14H20O/c1-11(15)9-10-12-7-5-6-8-13(12)14(2,3)4/h5-8H,9-10H2,1-4H3. The van der Waals surface area contributed by atoms with Crippen LogP contribution in [0.25, 0.3) is 0 Å². The topological polar surface area (TPSA) is 17.1 Å². The Bertz CT molecular complexity index is 345. The predicted molar refractivity (Wildman–Crippen MR) is 64.1 cm³/mol. The van der Waals surface area contributed by atoms with E-state index in [9.17, 15) is 4.79 Å². The van der Waals surface area contributed by atoms with E-state index in [4.69, 9.17) is 0 Å². The second-order valence-electron chi connectivity index (χ2n) is 5.11. The highest BCUT2D eigenvalue weighted by atomic mass is 16.1. The van der Waals surface area contributed by atoms with Crippen molar-refractivity contribution in [2.75, 3.05) is 0 Å². The fraction of sp³-hybridized carbons (Fsp3) is 0.500. The normalized spacial score (nSPS) is 11.5. The van der Waals surface area contributed by atoms with Crippen LogP contribution < -0.4 is 0 Å². The third-order valence-corrected chi connectivity index (χ3v) is 2.57. The Morgan fingerprint density at radius 3 is 2.33 bits per heavy atom. The van der Waals surface area contributed by atoms with E-state index in [0.29, 0.717) is 6.42 Å². The summed E-state index contributed by atoms with van der Waals surface area (Å²) in [4.78, 5) is 11.0. The molecule has 0 aromatic heterocycles. The van der Waals surface area contributed by atoms with Crippen molar-refractivity contribution in [3.8, 4) is 0 Å². The van der Waals surface area contributed by atoms with Gasteiger partial charge in [-0.15, -0.1) is 0 Å². The van der Waals surface area contributed by atoms with E-state index in [2.05, 4.69) is 39.0 Å². The summed E-state index contributed by atoms with van der Waals surface area (Å²) < 4.78 is 0. The third-order valence-electron chi connectivity index (χ3n) is 2.57. The van der Waals surface area contributed by atoms with Gasteiger partial charge in [-0.1, -0.05) is 45.0 Å². The monoisotopic (exact) mass is 204 g/mol. The van der Waals surface area contributed by atoms with Crippen LogP contribution in [0.5, 0.6) is 0 Å². The van der Waals surface area contributed by atoms with E-state index < -0.39 is 0 Å². The van der Waals surface area contributed by atoms with Crippen molar-refractivity contribution < 1.29 is 4.79 Å². The lowest BCUT2D eigenvalue weighted by Crippen LogP contribution is -2.14. The molecule has 82 valence electrons. The zero-order valence-corrected chi connectivity index (χ0v) is 10.1. The highest BCUT2D eigenvalue weighted by molar-refractivity contribution is 5.75. The maximum atomic E-state index is 11.0. The molecular weight excluding hydrogens is 184 g/mol. The van der Waals surface area contributed by atoms with Crippen molar-refractivity contribution in [3.05, 3.63) is 35.4 Å². The molecule has 0 bridgehead atoms. The van der Waals surface area contributed by atoms with Gasteiger partial charge < -0.3 is 4.79 Å². The summed E-state index contributed by atoms with van der Waals surface area (Å²) in [5.41, 5.74) is 2.82. The lowest BCUT2D eigenvalue weighted by Gasteiger charge is -2.22. The second-order valence-corrected chi connectivity index (χ2v) is 5.11. The zero-order valence-electron chi connectivity index (χ0n) is 10.1. The molecule has 0 aliphatic heterocycles. The van der Waals surface area contributed by atoms with E-state index in [1.807, 2.05) is 6.07 Å². The number of aryl methyl sites for hydroxylation is 1. The van der Waals surface area contributed by atoms with Gasteiger partial charge in [-0.3, -0.25) is 0 Å². The molecule has 1 aromatic rings. The highest BCUT2D eigenvalue weighted by Crippen LogP contribution is 2.26. The summed E-state index contributed by atoms with van der Waals surface area (Å²) in [6.07, 6.45) is 1.51. The summed E-state index contributed by atoms with van der Waals surface area (Å²) in [5, 5.41) is 0. The van der Waals surface area contributed by atoms with Crippen molar-refractivity contribution in [1.82, 2.24) is 0 Å². The Labute approximate surface area is 92.5 Å². The van der Waals surface area contributed by atoms with Crippen LogP contribution in [0, 0.1) is 0 Å². The SMILES string of the molecule is CC(=O)CCc1ccccc1C(C)(C)C. The van der Waals surface area contributed by atoms with Gasteiger partial charge in [0.05, 0.1) is 0 Å². The van der Waals surface area contributed by atoms with Crippen LogP contribution in [-0.2, 0) is 16.6 Å². The van der Waals surface area contributed by atoms with Crippen LogP contribution in [0.3, 0.4) is 0 Å². The molecule has 1 rings (SSSR count). The molecule has 1 heteroatoms. The predicted octanol–water partition coefficient (Wildman–Crippen LogP) is 3.51. The fourth-order valence-electron chi connectivity index (χ4n) is 1.78. The minimum atomic E-state index is 0.160. The van der Waals surface area contributed by atoms with Crippen molar-refractivity contribution in [2.24, 2.45) is 0 Å². The van der Waals surface area contributed by atoms with E-state index in [1.54, 1.807) is 6.92 Å². The molecule has 1 aromatic carbocycles. The molecule has 0 radical (unpaired) electrons. The van der Waals surface area contributed by atoms with Gasteiger partial charge in [0.25, 0.3) is 0 Å². The maximum Gasteiger partial charge on any atom is 0.130 e. The Hall–Kier alpha value is -1.11. The molecule has 0 aliphatic rings. The Morgan fingerprint density at radius 2 is 1.80 bits per heavy atom. The van der Waals surface area contributed by atoms with E-state index in [0.717, 1.165) is 6.42 Å². The first-order chi connectivity index (χ1) is 6.91.